The van der Waals surface area contributed by atoms with E-state index in [1.165, 1.54) is 7.11 Å². The minimum absolute atomic E-state index is 0.0119. The van der Waals surface area contributed by atoms with Crippen LogP contribution in [-0.4, -0.2) is 30.5 Å². The Bertz CT molecular complexity index is 652. The first-order valence-corrected chi connectivity index (χ1v) is 8.27. The van der Waals surface area contributed by atoms with E-state index in [0.29, 0.717) is 28.7 Å². The van der Waals surface area contributed by atoms with Gasteiger partial charge in [0.1, 0.15) is 6.29 Å². The minimum Gasteiger partial charge on any atom is -0.487 e. The van der Waals surface area contributed by atoms with Crippen molar-refractivity contribution in [3.8, 4) is 5.75 Å². The van der Waals surface area contributed by atoms with Crippen LogP contribution in [0.3, 0.4) is 0 Å². The van der Waals surface area contributed by atoms with E-state index in [1.54, 1.807) is 4.57 Å². The quantitative estimate of drug-likeness (QED) is 0.306. The molecule has 0 saturated heterocycles. The number of fused-ring (bicyclic) bond motifs is 1. The van der Waals surface area contributed by atoms with Crippen LogP contribution < -0.4 is 10.2 Å². The monoisotopic (exact) mass is 419 g/mol. The number of hydrogen-bond donors (Lipinski definition) is 0. The molecule has 0 spiro atoms. The smallest absolute Gasteiger partial charge is 0.358 e. The molecule has 7 heteroatoms. The van der Waals surface area contributed by atoms with Crippen molar-refractivity contribution < 1.29 is 19.1 Å². The predicted molar refractivity (Wildman–Crippen MR) is 88.6 cm³/mol. The number of methoxy groups -OCH3 is 1. The van der Waals surface area contributed by atoms with Crippen LogP contribution in [0.1, 0.15) is 48.4 Å². The fraction of sp³-hybridized carbons (Fsp3) is 0.533. The van der Waals surface area contributed by atoms with Crippen LogP contribution >= 0.6 is 22.6 Å². The van der Waals surface area contributed by atoms with Gasteiger partial charge < -0.3 is 18.8 Å². The summed E-state index contributed by atoms with van der Waals surface area (Å²) in [6, 6.07) is -0.466. The van der Waals surface area contributed by atoms with E-state index in [4.69, 9.17) is 9.47 Å². The van der Waals surface area contributed by atoms with E-state index in [-0.39, 0.29) is 16.9 Å². The second kappa shape index (κ2) is 7.26. The lowest BCUT2D eigenvalue weighted by atomic mass is 10.2. The molecule has 1 aliphatic heterocycles. The molecule has 1 atom stereocenters. The van der Waals surface area contributed by atoms with Crippen LogP contribution in [0.15, 0.2) is 4.79 Å². The Morgan fingerprint density at radius 3 is 2.82 bits per heavy atom. The van der Waals surface area contributed by atoms with Gasteiger partial charge in [0.15, 0.2) is 11.4 Å². The van der Waals surface area contributed by atoms with E-state index in [0.717, 1.165) is 19.1 Å². The number of pyridine rings is 1. The molecule has 1 unspecified atom stereocenters. The molecule has 1 aliphatic rings. The first kappa shape index (κ1) is 17.0. The highest BCUT2D eigenvalue weighted by Gasteiger charge is 2.33. The summed E-state index contributed by atoms with van der Waals surface area (Å²) < 4.78 is 12.5. The largest absolute Gasteiger partial charge is 0.487 e. The van der Waals surface area contributed by atoms with Gasteiger partial charge in [0.05, 0.1) is 23.3 Å². The molecule has 0 amide bonds. The van der Waals surface area contributed by atoms with Crippen molar-refractivity contribution in [3.05, 3.63) is 25.2 Å². The Labute approximate surface area is 141 Å². The standard InChI is InChI=1S/C15H18INO5/c1-3-4-7-22-14-12(15(20)21-2)17-9(8-18)5-6-10(17)11(16)13(14)19/h8-9H,3-7H2,1-2H3. The van der Waals surface area contributed by atoms with Gasteiger partial charge >= 0.3 is 5.97 Å². The number of rotatable bonds is 6. The number of aromatic nitrogens is 1. The molecule has 2 heterocycles. The average molecular weight is 419 g/mol. The van der Waals surface area contributed by atoms with E-state index in [1.807, 2.05) is 29.5 Å². The highest BCUT2D eigenvalue weighted by atomic mass is 127. The van der Waals surface area contributed by atoms with E-state index < -0.39 is 12.0 Å². The minimum atomic E-state index is -0.657. The lowest BCUT2D eigenvalue weighted by Crippen LogP contribution is -2.27. The summed E-state index contributed by atoms with van der Waals surface area (Å²) >= 11 is 1.95. The lowest BCUT2D eigenvalue weighted by molar-refractivity contribution is -0.110. The highest BCUT2D eigenvalue weighted by Crippen LogP contribution is 2.32. The van der Waals surface area contributed by atoms with Crippen LogP contribution in [0.4, 0.5) is 0 Å². The van der Waals surface area contributed by atoms with Crippen molar-refractivity contribution in [2.75, 3.05) is 13.7 Å². The maximum Gasteiger partial charge on any atom is 0.358 e. The maximum absolute atomic E-state index is 12.5. The van der Waals surface area contributed by atoms with Crippen molar-refractivity contribution in [3.63, 3.8) is 0 Å². The number of aldehydes is 1. The molecular weight excluding hydrogens is 401 g/mol. The Balaban J connectivity index is 2.66. The van der Waals surface area contributed by atoms with Gasteiger partial charge in [0.25, 0.3) is 0 Å². The molecule has 0 radical (unpaired) electrons. The Kier molecular flexibility index (Phi) is 5.60. The highest BCUT2D eigenvalue weighted by molar-refractivity contribution is 14.1. The Morgan fingerprint density at radius 1 is 1.50 bits per heavy atom. The van der Waals surface area contributed by atoms with Crippen molar-refractivity contribution in [2.24, 2.45) is 0 Å². The summed E-state index contributed by atoms with van der Waals surface area (Å²) in [5.74, 6) is -0.669. The normalized spacial score (nSPS) is 16.2. The fourth-order valence-corrected chi connectivity index (χ4v) is 3.34. The van der Waals surface area contributed by atoms with Gasteiger partial charge in [-0.3, -0.25) is 4.79 Å². The van der Waals surface area contributed by atoms with Gasteiger partial charge in [-0.1, -0.05) is 13.3 Å². The number of hydrogen-bond acceptors (Lipinski definition) is 5. The van der Waals surface area contributed by atoms with Crippen molar-refractivity contribution in [1.29, 1.82) is 0 Å². The summed E-state index contributed by atoms with van der Waals surface area (Å²) in [6.07, 6.45) is 3.63. The molecule has 2 rings (SSSR count). The summed E-state index contributed by atoms with van der Waals surface area (Å²) in [5.41, 5.74) is 0.439. The van der Waals surface area contributed by atoms with Crippen molar-refractivity contribution in [2.45, 2.75) is 38.6 Å². The first-order chi connectivity index (χ1) is 10.6. The molecule has 1 aromatic rings. The number of esters is 1. The lowest BCUT2D eigenvalue weighted by Gasteiger charge is -2.19. The second-order valence-corrected chi connectivity index (χ2v) is 6.15. The van der Waals surface area contributed by atoms with Crippen LogP contribution in [0.2, 0.25) is 0 Å². The maximum atomic E-state index is 12.5. The third kappa shape index (κ3) is 2.90. The van der Waals surface area contributed by atoms with E-state index in [9.17, 15) is 14.4 Å². The molecule has 0 bridgehead atoms. The van der Waals surface area contributed by atoms with Gasteiger partial charge in [-0.25, -0.2) is 4.79 Å². The third-order valence-corrected chi connectivity index (χ3v) is 4.81. The summed E-state index contributed by atoms with van der Waals surface area (Å²) in [6.45, 7) is 2.35. The number of carbonyl (C=O) groups is 2. The number of halogens is 1. The van der Waals surface area contributed by atoms with Crippen molar-refractivity contribution in [1.82, 2.24) is 4.57 Å². The molecule has 0 aromatic carbocycles. The molecule has 0 fully saturated rings. The number of carbonyl (C=O) groups excluding carboxylic acids is 2. The molecule has 120 valence electrons. The molecule has 0 aliphatic carbocycles. The summed E-state index contributed by atoms with van der Waals surface area (Å²) in [4.78, 5) is 36.0. The molecule has 0 saturated carbocycles. The topological polar surface area (TPSA) is 74.6 Å². The van der Waals surface area contributed by atoms with Gasteiger partial charge in [-0.2, -0.15) is 0 Å². The van der Waals surface area contributed by atoms with Crippen LogP contribution in [0.5, 0.6) is 5.75 Å². The molecule has 1 aromatic heterocycles. The number of ether oxygens (including phenoxy) is 2. The van der Waals surface area contributed by atoms with Gasteiger partial charge in [0, 0.05) is 5.69 Å². The van der Waals surface area contributed by atoms with Crippen molar-refractivity contribution >= 4 is 34.8 Å². The molecule has 0 N–H and O–H groups in total. The van der Waals surface area contributed by atoms with E-state index in [2.05, 4.69) is 0 Å². The zero-order valence-corrected chi connectivity index (χ0v) is 14.7. The van der Waals surface area contributed by atoms with Crippen LogP contribution in [-0.2, 0) is 16.0 Å². The third-order valence-electron chi connectivity index (χ3n) is 3.69. The predicted octanol–water partition coefficient (Wildman–Crippen LogP) is 2.10. The number of nitrogens with zero attached hydrogens (tertiary/aromatic N) is 1. The Hall–Kier alpha value is -1.38. The number of unbranched alkanes of at least 4 members (excludes halogenated alkanes) is 1. The summed E-state index contributed by atoms with van der Waals surface area (Å²) in [7, 11) is 1.25. The molecule has 22 heavy (non-hydrogen) atoms. The zero-order chi connectivity index (χ0) is 16.3. The second-order valence-electron chi connectivity index (χ2n) is 5.07. The fourth-order valence-electron chi connectivity index (χ4n) is 2.57. The zero-order valence-electron chi connectivity index (χ0n) is 12.6. The summed E-state index contributed by atoms with van der Waals surface area (Å²) in [5, 5.41) is 0. The van der Waals surface area contributed by atoms with Gasteiger partial charge in [-0.05, 0) is 41.9 Å². The molecule has 6 nitrogen and oxygen atoms in total. The average Bonchev–Trinajstić information content (AvgIpc) is 2.95. The van der Waals surface area contributed by atoms with Crippen LogP contribution in [0.25, 0.3) is 0 Å². The van der Waals surface area contributed by atoms with Crippen LogP contribution in [0, 0.1) is 3.57 Å². The van der Waals surface area contributed by atoms with Gasteiger partial charge in [0.2, 0.25) is 5.43 Å². The van der Waals surface area contributed by atoms with E-state index >= 15 is 0 Å². The SMILES string of the molecule is CCCCOc1c(C(=O)OC)n2c(c(I)c1=O)CCC2C=O. The van der Waals surface area contributed by atoms with Gasteiger partial charge in [-0.15, -0.1) is 0 Å². The Morgan fingerprint density at radius 2 is 2.23 bits per heavy atom. The first-order valence-electron chi connectivity index (χ1n) is 7.20. The molecular formula is C15H18INO5.